The highest BCUT2D eigenvalue weighted by Gasteiger charge is 2.45. The lowest BCUT2D eigenvalue weighted by Gasteiger charge is -2.38. The summed E-state index contributed by atoms with van der Waals surface area (Å²) < 4.78 is 6.90. The summed E-state index contributed by atoms with van der Waals surface area (Å²) in [6, 6.07) is 0.245. The van der Waals surface area contributed by atoms with Gasteiger partial charge in [-0.15, -0.1) is 0 Å². The fourth-order valence-corrected chi connectivity index (χ4v) is 4.02. The highest BCUT2D eigenvalue weighted by molar-refractivity contribution is 5.93. The van der Waals surface area contributed by atoms with Gasteiger partial charge in [-0.05, 0) is 33.1 Å². The van der Waals surface area contributed by atoms with Gasteiger partial charge in [0, 0.05) is 64.0 Å². The van der Waals surface area contributed by atoms with Gasteiger partial charge in [-0.2, -0.15) is 5.10 Å². The van der Waals surface area contributed by atoms with Crippen LogP contribution in [0.2, 0.25) is 0 Å². The number of carbonyl (C=O) groups is 2. The van der Waals surface area contributed by atoms with Gasteiger partial charge in [0.15, 0.2) is 0 Å². The molecule has 0 aliphatic carbocycles. The third kappa shape index (κ3) is 3.92. The van der Waals surface area contributed by atoms with Crippen LogP contribution < -0.4 is 0 Å². The predicted molar refractivity (Wildman–Crippen MR) is 97.9 cm³/mol. The molecule has 0 saturated carbocycles. The maximum absolute atomic E-state index is 12.7. The van der Waals surface area contributed by atoms with E-state index in [4.69, 9.17) is 4.74 Å². The number of carbonyl (C=O) groups excluding carboxylic acids is 2. The van der Waals surface area contributed by atoms with Crippen molar-refractivity contribution in [1.82, 2.24) is 19.6 Å². The number of hydrogen-bond acceptors (Lipinski definition) is 4. The number of amides is 2. The molecule has 0 aromatic carbocycles. The second kappa shape index (κ2) is 7.78. The molecule has 7 heteroatoms. The number of likely N-dealkylation sites (tertiary alicyclic amines) is 2. The molecule has 0 N–H and O–H groups in total. The van der Waals surface area contributed by atoms with Gasteiger partial charge in [0.05, 0.1) is 11.8 Å². The molecule has 1 aromatic rings. The van der Waals surface area contributed by atoms with Crippen molar-refractivity contribution in [2.45, 2.75) is 45.6 Å². The van der Waals surface area contributed by atoms with Crippen LogP contribution in [0, 0.1) is 5.41 Å². The van der Waals surface area contributed by atoms with Gasteiger partial charge < -0.3 is 14.5 Å². The van der Waals surface area contributed by atoms with Gasteiger partial charge >= 0.3 is 0 Å². The normalized spacial score (nSPS) is 19.8. The fraction of sp³-hybridized carbons (Fsp3) is 0.737. The van der Waals surface area contributed by atoms with Crippen molar-refractivity contribution in [2.75, 3.05) is 39.9 Å². The largest absolute Gasteiger partial charge is 0.385 e. The molecule has 0 unspecified atom stereocenters. The van der Waals surface area contributed by atoms with E-state index < -0.39 is 0 Å². The van der Waals surface area contributed by atoms with Crippen molar-refractivity contribution in [3.05, 3.63) is 18.0 Å². The van der Waals surface area contributed by atoms with Crippen LogP contribution in [0.25, 0.3) is 0 Å². The first-order valence-electron chi connectivity index (χ1n) is 9.54. The summed E-state index contributed by atoms with van der Waals surface area (Å²) in [7, 11) is 1.69. The van der Waals surface area contributed by atoms with Crippen LogP contribution in [-0.4, -0.2) is 71.3 Å². The van der Waals surface area contributed by atoms with Crippen LogP contribution in [0.4, 0.5) is 0 Å². The van der Waals surface area contributed by atoms with Gasteiger partial charge in [-0.25, -0.2) is 0 Å². The highest BCUT2D eigenvalue weighted by atomic mass is 16.5. The van der Waals surface area contributed by atoms with Crippen LogP contribution in [0.15, 0.2) is 12.4 Å². The molecule has 3 heterocycles. The smallest absolute Gasteiger partial charge is 0.257 e. The molecule has 2 aliphatic heterocycles. The molecule has 2 fully saturated rings. The minimum atomic E-state index is 0.0447. The molecule has 1 aromatic heterocycles. The first kappa shape index (κ1) is 18.9. The molecule has 144 valence electrons. The van der Waals surface area contributed by atoms with E-state index in [9.17, 15) is 9.59 Å². The van der Waals surface area contributed by atoms with Gasteiger partial charge in [0.2, 0.25) is 5.91 Å². The third-order valence-corrected chi connectivity index (χ3v) is 5.67. The number of ether oxygens (including phenoxy) is 1. The molecule has 2 amide bonds. The predicted octanol–water partition coefficient (Wildman–Crippen LogP) is 1.96. The summed E-state index contributed by atoms with van der Waals surface area (Å²) in [6.45, 7) is 7.79. The zero-order chi connectivity index (χ0) is 18.7. The lowest BCUT2D eigenvalue weighted by atomic mass is 9.77. The molecule has 0 bridgehead atoms. The van der Waals surface area contributed by atoms with Crippen molar-refractivity contribution >= 4 is 11.8 Å². The topological polar surface area (TPSA) is 67.7 Å². The minimum absolute atomic E-state index is 0.0447. The second-order valence-corrected chi connectivity index (χ2v) is 7.93. The van der Waals surface area contributed by atoms with E-state index in [0.717, 1.165) is 32.4 Å². The zero-order valence-corrected chi connectivity index (χ0v) is 16.1. The van der Waals surface area contributed by atoms with Gasteiger partial charge in [0.1, 0.15) is 0 Å². The third-order valence-electron chi connectivity index (χ3n) is 5.67. The van der Waals surface area contributed by atoms with Crippen LogP contribution in [0.3, 0.4) is 0 Å². The highest BCUT2D eigenvalue weighted by Crippen LogP contribution is 2.41. The maximum atomic E-state index is 12.7. The summed E-state index contributed by atoms with van der Waals surface area (Å²) in [5, 5.41) is 4.27. The molecular formula is C19H30N4O3. The van der Waals surface area contributed by atoms with E-state index in [-0.39, 0.29) is 23.3 Å². The molecular weight excluding hydrogens is 332 g/mol. The summed E-state index contributed by atoms with van der Waals surface area (Å²) in [6.07, 6.45) is 6.76. The Morgan fingerprint density at radius 2 is 2.08 bits per heavy atom. The van der Waals surface area contributed by atoms with E-state index in [1.165, 1.54) is 0 Å². The van der Waals surface area contributed by atoms with E-state index >= 15 is 0 Å². The molecule has 0 radical (unpaired) electrons. The van der Waals surface area contributed by atoms with E-state index in [2.05, 4.69) is 5.10 Å². The number of piperidine rings is 1. The first-order valence-corrected chi connectivity index (χ1v) is 9.54. The van der Waals surface area contributed by atoms with Crippen molar-refractivity contribution in [2.24, 2.45) is 5.41 Å². The van der Waals surface area contributed by atoms with E-state index in [0.29, 0.717) is 31.7 Å². The number of hydrogen-bond donors (Lipinski definition) is 0. The quantitative estimate of drug-likeness (QED) is 0.726. The number of rotatable bonds is 6. The Kier molecular flexibility index (Phi) is 5.65. The Labute approximate surface area is 155 Å². The standard InChI is InChI=1S/C19H30N4O3/c1-15(2)23-13-16(12-20-23)18(25)21-8-5-19(6-9-21)11-17(24)22(14-19)7-4-10-26-3/h12-13,15H,4-11,14H2,1-3H3. The molecule has 2 saturated heterocycles. The summed E-state index contributed by atoms with van der Waals surface area (Å²) >= 11 is 0. The average Bonchev–Trinajstić information content (AvgIpc) is 3.21. The summed E-state index contributed by atoms with van der Waals surface area (Å²) in [5.41, 5.74) is 0.696. The SMILES string of the molecule is COCCCN1CC2(CCN(C(=O)c3cnn(C(C)C)c3)CC2)CC1=O. The van der Waals surface area contributed by atoms with Gasteiger partial charge in [-0.3, -0.25) is 14.3 Å². The number of aromatic nitrogens is 2. The Morgan fingerprint density at radius 3 is 2.69 bits per heavy atom. The van der Waals surface area contributed by atoms with Crippen molar-refractivity contribution in [1.29, 1.82) is 0 Å². The average molecular weight is 362 g/mol. The summed E-state index contributed by atoms with van der Waals surface area (Å²) in [4.78, 5) is 28.9. The molecule has 2 aliphatic rings. The number of nitrogens with zero attached hydrogens (tertiary/aromatic N) is 4. The zero-order valence-electron chi connectivity index (χ0n) is 16.1. The van der Waals surface area contributed by atoms with Crippen LogP contribution in [0.1, 0.15) is 55.9 Å². The fourth-order valence-electron chi connectivity index (χ4n) is 4.02. The second-order valence-electron chi connectivity index (χ2n) is 7.93. The Morgan fingerprint density at radius 1 is 1.35 bits per heavy atom. The monoisotopic (exact) mass is 362 g/mol. The van der Waals surface area contributed by atoms with Gasteiger partial charge in [0.25, 0.3) is 5.91 Å². The van der Waals surface area contributed by atoms with E-state index in [1.807, 2.05) is 34.5 Å². The van der Waals surface area contributed by atoms with Crippen molar-refractivity contribution in [3.63, 3.8) is 0 Å². The van der Waals surface area contributed by atoms with Crippen LogP contribution >= 0.6 is 0 Å². The lowest BCUT2D eigenvalue weighted by Crippen LogP contribution is -2.44. The molecule has 1 spiro atoms. The van der Waals surface area contributed by atoms with Crippen LogP contribution in [-0.2, 0) is 9.53 Å². The van der Waals surface area contributed by atoms with E-state index in [1.54, 1.807) is 13.3 Å². The van der Waals surface area contributed by atoms with Gasteiger partial charge in [-0.1, -0.05) is 0 Å². The minimum Gasteiger partial charge on any atom is -0.385 e. The van der Waals surface area contributed by atoms with Crippen molar-refractivity contribution < 1.29 is 14.3 Å². The molecule has 3 rings (SSSR count). The molecule has 0 atom stereocenters. The Hall–Kier alpha value is -1.89. The Balaban J connectivity index is 1.55. The van der Waals surface area contributed by atoms with Crippen molar-refractivity contribution in [3.8, 4) is 0 Å². The first-order chi connectivity index (χ1) is 12.4. The summed E-state index contributed by atoms with van der Waals surface area (Å²) in [5.74, 6) is 0.298. The molecule has 26 heavy (non-hydrogen) atoms. The number of methoxy groups -OCH3 is 1. The Bertz CT molecular complexity index is 647. The van der Waals surface area contributed by atoms with Crippen LogP contribution in [0.5, 0.6) is 0 Å². The lowest BCUT2D eigenvalue weighted by molar-refractivity contribution is -0.128. The maximum Gasteiger partial charge on any atom is 0.257 e. The molecule has 7 nitrogen and oxygen atoms in total.